The molecule has 0 aliphatic rings. The SMILES string of the molecule is COc1ccccc1-c1ncc(-c2ccccn2)o1. The van der Waals surface area contributed by atoms with Gasteiger partial charge in [-0.3, -0.25) is 4.98 Å². The molecule has 0 atom stereocenters. The number of para-hydroxylation sites is 1. The first-order valence-electron chi connectivity index (χ1n) is 5.89. The van der Waals surface area contributed by atoms with E-state index >= 15 is 0 Å². The van der Waals surface area contributed by atoms with Gasteiger partial charge >= 0.3 is 0 Å². The average Bonchev–Trinajstić information content (AvgIpc) is 2.98. The summed E-state index contributed by atoms with van der Waals surface area (Å²) in [6.45, 7) is 0. The maximum atomic E-state index is 5.74. The van der Waals surface area contributed by atoms with Gasteiger partial charge in [-0.1, -0.05) is 18.2 Å². The number of oxazole rings is 1. The highest BCUT2D eigenvalue weighted by Gasteiger charge is 2.12. The first-order chi connectivity index (χ1) is 9.38. The van der Waals surface area contributed by atoms with Gasteiger partial charge < -0.3 is 9.15 Å². The molecule has 0 unspecified atom stereocenters. The lowest BCUT2D eigenvalue weighted by molar-refractivity contribution is 0.414. The molecule has 0 amide bonds. The van der Waals surface area contributed by atoms with Crippen molar-refractivity contribution in [2.45, 2.75) is 0 Å². The van der Waals surface area contributed by atoms with Crippen LogP contribution in [-0.4, -0.2) is 17.1 Å². The third-order valence-electron chi connectivity index (χ3n) is 2.76. The molecule has 3 rings (SSSR count). The van der Waals surface area contributed by atoms with E-state index in [0.717, 1.165) is 17.0 Å². The van der Waals surface area contributed by atoms with Crippen LogP contribution < -0.4 is 4.74 Å². The van der Waals surface area contributed by atoms with Gasteiger partial charge in [-0.15, -0.1) is 0 Å². The quantitative estimate of drug-likeness (QED) is 0.716. The van der Waals surface area contributed by atoms with E-state index in [2.05, 4.69) is 9.97 Å². The molecule has 4 heteroatoms. The van der Waals surface area contributed by atoms with Crippen molar-refractivity contribution >= 4 is 0 Å². The molecule has 0 saturated heterocycles. The Balaban J connectivity index is 2.02. The van der Waals surface area contributed by atoms with E-state index in [1.807, 2.05) is 42.5 Å². The van der Waals surface area contributed by atoms with Crippen molar-refractivity contribution in [3.63, 3.8) is 0 Å². The molecule has 0 aliphatic carbocycles. The van der Waals surface area contributed by atoms with Crippen molar-refractivity contribution in [3.05, 3.63) is 54.9 Å². The van der Waals surface area contributed by atoms with E-state index in [9.17, 15) is 0 Å². The summed E-state index contributed by atoms with van der Waals surface area (Å²) >= 11 is 0. The van der Waals surface area contributed by atoms with Crippen molar-refractivity contribution in [2.75, 3.05) is 7.11 Å². The predicted molar refractivity (Wildman–Crippen MR) is 71.7 cm³/mol. The maximum Gasteiger partial charge on any atom is 0.230 e. The largest absolute Gasteiger partial charge is 0.496 e. The molecule has 0 fully saturated rings. The highest BCUT2D eigenvalue weighted by molar-refractivity contribution is 5.64. The molecule has 3 aromatic rings. The van der Waals surface area contributed by atoms with Crippen molar-refractivity contribution < 1.29 is 9.15 Å². The van der Waals surface area contributed by atoms with Crippen LogP contribution in [0.5, 0.6) is 5.75 Å². The van der Waals surface area contributed by atoms with Gasteiger partial charge in [-0.25, -0.2) is 4.98 Å². The highest BCUT2D eigenvalue weighted by Crippen LogP contribution is 2.31. The third-order valence-corrected chi connectivity index (χ3v) is 2.76. The summed E-state index contributed by atoms with van der Waals surface area (Å²) in [6.07, 6.45) is 3.39. The molecule has 94 valence electrons. The molecule has 4 nitrogen and oxygen atoms in total. The smallest absolute Gasteiger partial charge is 0.230 e. The van der Waals surface area contributed by atoms with Gasteiger partial charge in [0.1, 0.15) is 11.4 Å². The summed E-state index contributed by atoms with van der Waals surface area (Å²) in [5, 5.41) is 0. The van der Waals surface area contributed by atoms with Crippen LogP contribution in [-0.2, 0) is 0 Å². The molecule has 0 saturated carbocycles. The molecule has 0 bridgehead atoms. The minimum atomic E-state index is 0.526. The minimum absolute atomic E-state index is 0.526. The van der Waals surface area contributed by atoms with Crippen molar-refractivity contribution in [1.82, 2.24) is 9.97 Å². The predicted octanol–water partition coefficient (Wildman–Crippen LogP) is 3.41. The Morgan fingerprint density at radius 3 is 2.63 bits per heavy atom. The lowest BCUT2D eigenvalue weighted by atomic mass is 10.2. The summed E-state index contributed by atoms with van der Waals surface area (Å²) in [6, 6.07) is 13.3. The normalized spacial score (nSPS) is 10.4. The van der Waals surface area contributed by atoms with Gasteiger partial charge in [0.2, 0.25) is 5.89 Å². The van der Waals surface area contributed by atoms with Crippen LogP contribution in [0, 0.1) is 0 Å². The topological polar surface area (TPSA) is 48.2 Å². The Morgan fingerprint density at radius 2 is 1.84 bits per heavy atom. The van der Waals surface area contributed by atoms with Crippen LogP contribution in [0.3, 0.4) is 0 Å². The monoisotopic (exact) mass is 252 g/mol. The van der Waals surface area contributed by atoms with Gasteiger partial charge in [-0.2, -0.15) is 0 Å². The molecular formula is C15H12N2O2. The van der Waals surface area contributed by atoms with Crippen LogP contribution in [0.25, 0.3) is 22.9 Å². The van der Waals surface area contributed by atoms with Crippen LogP contribution in [0.2, 0.25) is 0 Å². The lowest BCUT2D eigenvalue weighted by Crippen LogP contribution is -1.86. The molecule has 0 N–H and O–H groups in total. The number of ether oxygens (including phenoxy) is 1. The zero-order valence-electron chi connectivity index (χ0n) is 10.4. The fourth-order valence-electron chi connectivity index (χ4n) is 1.85. The number of nitrogens with zero attached hydrogens (tertiary/aromatic N) is 2. The van der Waals surface area contributed by atoms with E-state index in [-0.39, 0.29) is 0 Å². The summed E-state index contributed by atoms with van der Waals surface area (Å²) in [5.74, 6) is 1.90. The zero-order chi connectivity index (χ0) is 13.1. The first-order valence-corrected chi connectivity index (χ1v) is 5.89. The van der Waals surface area contributed by atoms with Gasteiger partial charge in [0.05, 0.1) is 18.9 Å². The number of benzene rings is 1. The zero-order valence-corrected chi connectivity index (χ0v) is 10.4. The molecule has 2 heterocycles. The second-order valence-corrected chi connectivity index (χ2v) is 3.94. The molecule has 1 aromatic carbocycles. The molecule has 0 aliphatic heterocycles. The molecule has 19 heavy (non-hydrogen) atoms. The third kappa shape index (κ3) is 2.20. The number of pyridine rings is 1. The number of methoxy groups -OCH3 is 1. The summed E-state index contributed by atoms with van der Waals surface area (Å²) in [4.78, 5) is 8.52. The van der Waals surface area contributed by atoms with Crippen LogP contribution in [0.1, 0.15) is 0 Å². The van der Waals surface area contributed by atoms with E-state index in [1.165, 1.54) is 0 Å². The summed E-state index contributed by atoms with van der Waals surface area (Å²) in [5.41, 5.74) is 1.59. The molecule has 0 radical (unpaired) electrons. The number of hydrogen-bond donors (Lipinski definition) is 0. The van der Waals surface area contributed by atoms with Crippen LogP contribution >= 0.6 is 0 Å². The lowest BCUT2D eigenvalue weighted by Gasteiger charge is -2.03. The van der Waals surface area contributed by atoms with Gasteiger partial charge in [0.25, 0.3) is 0 Å². The van der Waals surface area contributed by atoms with Crippen molar-refractivity contribution in [3.8, 4) is 28.7 Å². The second-order valence-electron chi connectivity index (χ2n) is 3.94. The van der Waals surface area contributed by atoms with Gasteiger partial charge in [0, 0.05) is 6.20 Å². The second kappa shape index (κ2) is 4.94. The fraction of sp³-hybridized carbons (Fsp3) is 0.0667. The van der Waals surface area contributed by atoms with E-state index in [1.54, 1.807) is 19.5 Å². The average molecular weight is 252 g/mol. The molecular weight excluding hydrogens is 240 g/mol. The Morgan fingerprint density at radius 1 is 1.00 bits per heavy atom. The Labute approximate surface area is 110 Å². The van der Waals surface area contributed by atoms with E-state index < -0.39 is 0 Å². The summed E-state index contributed by atoms with van der Waals surface area (Å²) < 4.78 is 11.0. The fourth-order valence-corrected chi connectivity index (χ4v) is 1.85. The van der Waals surface area contributed by atoms with Crippen molar-refractivity contribution in [2.24, 2.45) is 0 Å². The number of aromatic nitrogens is 2. The van der Waals surface area contributed by atoms with Gasteiger partial charge in [0.15, 0.2) is 5.76 Å². The Bertz CT molecular complexity index is 677. The van der Waals surface area contributed by atoms with Crippen LogP contribution in [0.4, 0.5) is 0 Å². The standard InChI is InChI=1S/C15H12N2O2/c1-18-13-8-3-2-6-11(13)15-17-10-14(19-15)12-7-4-5-9-16-12/h2-10H,1H3. The van der Waals surface area contributed by atoms with Crippen molar-refractivity contribution in [1.29, 1.82) is 0 Å². The molecule has 2 aromatic heterocycles. The van der Waals surface area contributed by atoms with Crippen LogP contribution in [0.15, 0.2) is 59.3 Å². The first kappa shape index (κ1) is 11.5. The molecule has 0 spiro atoms. The van der Waals surface area contributed by atoms with E-state index in [4.69, 9.17) is 9.15 Å². The summed E-state index contributed by atoms with van der Waals surface area (Å²) in [7, 11) is 1.63. The Hall–Kier alpha value is -2.62. The number of hydrogen-bond acceptors (Lipinski definition) is 4. The number of rotatable bonds is 3. The Kier molecular flexibility index (Phi) is 2.98. The maximum absolute atomic E-state index is 5.74. The minimum Gasteiger partial charge on any atom is -0.496 e. The van der Waals surface area contributed by atoms with E-state index in [0.29, 0.717) is 11.7 Å². The highest BCUT2D eigenvalue weighted by atomic mass is 16.5. The van der Waals surface area contributed by atoms with Gasteiger partial charge in [-0.05, 0) is 24.3 Å².